The molecule has 3 fully saturated rings. The molecule has 3 amide bonds. The molecule has 11 heteroatoms. The van der Waals surface area contributed by atoms with E-state index in [1.807, 2.05) is 23.2 Å². The van der Waals surface area contributed by atoms with Gasteiger partial charge in [-0.15, -0.1) is 24.8 Å². The van der Waals surface area contributed by atoms with Gasteiger partial charge >= 0.3 is 0 Å². The SMILES string of the molecule is CN[C@@H](C)C(=O)N[C@H](C(=O)N1C[C@H]2CCCN2C[C@H]1C(=O)NN1CCc2ccccc21)C1CCCCC1.Cl.Cl. The van der Waals surface area contributed by atoms with E-state index < -0.39 is 12.1 Å². The third kappa shape index (κ3) is 6.81. The van der Waals surface area contributed by atoms with E-state index in [2.05, 4.69) is 27.0 Å². The molecule has 3 aliphatic heterocycles. The number of carbonyl (C=O) groups is 3. The monoisotopic (exact) mass is 582 g/mol. The van der Waals surface area contributed by atoms with E-state index in [1.165, 1.54) is 12.0 Å². The standard InChI is InChI=1S/C28H42N6O3.2ClH/c1-19(29-2)26(35)30-25(21-10-4-3-5-11-21)28(37)33-17-22-12-8-15-32(22)18-24(33)27(36)31-34-16-14-20-9-6-7-13-23(20)34;;/h6-7,9,13,19,21-22,24-25,29H,3-5,8,10-12,14-18H2,1-2H3,(H,30,35)(H,31,36);2*1H/t19-,22+,24-,25-;;/m0../s1. The predicted octanol–water partition coefficient (Wildman–Crippen LogP) is 2.27. The Morgan fingerprint density at radius 2 is 1.69 bits per heavy atom. The number of likely N-dealkylation sites (N-methyl/N-ethyl adjacent to an activating group) is 1. The van der Waals surface area contributed by atoms with Gasteiger partial charge in [-0.2, -0.15) is 0 Å². The molecule has 218 valence electrons. The van der Waals surface area contributed by atoms with Crippen LogP contribution in [0.4, 0.5) is 5.69 Å². The molecular weight excluding hydrogens is 539 g/mol. The number of hydrazine groups is 1. The Kier molecular flexibility index (Phi) is 11.3. The maximum Gasteiger partial charge on any atom is 0.262 e. The molecule has 4 atom stereocenters. The van der Waals surface area contributed by atoms with Crippen LogP contribution in [0.3, 0.4) is 0 Å². The van der Waals surface area contributed by atoms with Gasteiger partial charge in [0.05, 0.1) is 11.7 Å². The van der Waals surface area contributed by atoms with Crippen LogP contribution in [0.5, 0.6) is 0 Å². The Bertz CT molecular complexity index is 1010. The minimum Gasteiger partial charge on any atom is -0.343 e. The van der Waals surface area contributed by atoms with Crippen LogP contribution in [0.2, 0.25) is 0 Å². The highest BCUT2D eigenvalue weighted by atomic mass is 35.5. The van der Waals surface area contributed by atoms with Crippen LogP contribution in [0.1, 0.15) is 57.4 Å². The predicted molar refractivity (Wildman–Crippen MR) is 157 cm³/mol. The lowest BCUT2D eigenvalue weighted by Crippen LogP contribution is -2.67. The number of benzene rings is 1. The van der Waals surface area contributed by atoms with Crippen molar-refractivity contribution in [3.05, 3.63) is 29.8 Å². The van der Waals surface area contributed by atoms with Crippen LogP contribution in [0.15, 0.2) is 24.3 Å². The summed E-state index contributed by atoms with van der Waals surface area (Å²) in [6, 6.07) is 6.83. The molecule has 0 spiro atoms. The second-order valence-electron chi connectivity index (χ2n) is 11.2. The number of carbonyl (C=O) groups excluding carboxylic acids is 3. The molecule has 0 aromatic heterocycles. The molecule has 1 aromatic rings. The Morgan fingerprint density at radius 1 is 0.949 bits per heavy atom. The molecule has 1 aliphatic carbocycles. The van der Waals surface area contributed by atoms with E-state index in [0.29, 0.717) is 13.1 Å². The number of anilines is 1. The molecule has 3 heterocycles. The highest BCUT2D eigenvalue weighted by Gasteiger charge is 2.45. The van der Waals surface area contributed by atoms with Gasteiger partial charge < -0.3 is 15.5 Å². The number of amides is 3. The number of hydrogen-bond acceptors (Lipinski definition) is 6. The minimum atomic E-state index is -0.598. The smallest absolute Gasteiger partial charge is 0.262 e. The quantitative estimate of drug-likeness (QED) is 0.456. The first-order chi connectivity index (χ1) is 18.0. The van der Waals surface area contributed by atoms with Crippen LogP contribution in [-0.4, -0.2) is 84.9 Å². The van der Waals surface area contributed by atoms with Crippen molar-refractivity contribution < 1.29 is 14.4 Å². The molecule has 1 saturated carbocycles. The van der Waals surface area contributed by atoms with Crippen molar-refractivity contribution in [1.29, 1.82) is 0 Å². The van der Waals surface area contributed by atoms with Gasteiger partial charge in [-0.3, -0.25) is 29.7 Å². The fraction of sp³-hybridized carbons (Fsp3) is 0.679. The van der Waals surface area contributed by atoms with Crippen LogP contribution >= 0.6 is 24.8 Å². The molecule has 5 rings (SSSR count). The fourth-order valence-corrected chi connectivity index (χ4v) is 6.58. The summed E-state index contributed by atoms with van der Waals surface area (Å²) in [6.45, 7) is 4.57. The zero-order valence-electron chi connectivity index (χ0n) is 23.1. The van der Waals surface area contributed by atoms with Crippen LogP contribution < -0.4 is 21.1 Å². The van der Waals surface area contributed by atoms with Gasteiger partial charge in [0.1, 0.15) is 12.1 Å². The number of hydrogen-bond donors (Lipinski definition) is 3. The van der Waals surface area contributed by atoms with E-state index in [9.17, 15) is 14.4 Å². The third-order valence-electron chi connectivity index (χ3n) is 8.92. The number of rotatable bonds is 7. The van der Waals surface area contributed by atoms with Crippen molar-refractivity contribution >= 4 is 48.2 Å². The van der Waals surface area contributed by atoms with Gasteiger partial charge in [0.25, 0.3) is 5.91 Å². The van der Waals surface area contributed by atoms with Gasteiger partial charge in [0.15, 0.2) is 0 Å². The van der Waals surface area contributed by atoms with E-state index >= 15 is 0 Å². The second-order valence-corrected chi connectivity index (χ2v) is 11.2. The number of halogens is 2. The summed E-state index contributed by atoms with van der Waals surface area (Å²) < 4.78 is 0. The van der Waals surface area contributed by atoms with Crippen molar-refractivity contribution in [2.45, 2.75) is 82.5 Å². The Hall–Kier alpha value is -2.07. The third-order valence-corrected chi connectivity index (χ3v) is 8.92. The number of fused-ring (bicyclic) bond motifs is 2. The van der Waals surface area contributed by atoms with E-state index in [1.54, 1.807) is 18.9 Å². The summed E-state index contributed by atoms with van der Waals surface area (Å²) in [6.07, 6.45) is 8.17. The molecule has 4 aliphatic rings. The molecule has 0 unspecified atom stereocenters. The normalized spacial score (nSPS) is 24.5. The minimum absolute atomic E-state index is 0. The molecule has 0 bridgehead atoms. The van der Waals surface area contributed by atoms with Gasteiger partial charge in [-0.05, 0) is 70.2 Å². The second kappa shape index (κ2) is 14.0. The first-order valence-corrected chi connectivity index (χ1v) is 14.1. The average molecular weight is 584 g/mol. The molecular formula is C28H44Cl2N6O3. The lowest BCUT2D eigenvalue weighted by Gasteiger charge is -2.45. The summed E-state index contributed by atoms with van der Waals surface area (Å²) in [5.41, 5.74) is 5.38. The first-order valence-electron chi connectivity index (χ1n) is 14.1. The maximum absolute atomic E-state index is 14.3. The van der Waals surface area contributed by atoms with Gasteiger partial charge in [0, 0.05) is 25.7 Å². The van der Waals surface area contributed by atoms with E-state index in [4.69, 9.17) is 0 Å². The number of para-hydroxylation sites is 1. The van der Waals surface area contributed by atoms with Crippen molar-refractivity contribution in [2.75, 3.05) is 38.2 Å². The zero-order valence-corrected chi connectivity index (χ0v) is 24.7. The topological polar surface area (TPSA) is 97.0 Å². The number of piperazine rings is 1. The highest BCUT2D eigenvalue weighted by molar-refractivity contribution is 5.94. The van der Waals surface area contributed by atoms with Crippen LogP contribution in [-0.2, 0) is 20.8 Å². The van der Waals surface area contributed by atoms with Crippen LogP contribution in [0.25, 0.3) is 0 Å². The van der Waals surface area contributed by atoms with Gasteiger partial charge in [-0.25, -0.2) is 0 Å². The summed E-state index contributed by atoms with van der Waals surface area (Å²) in [7, 11) is 1.75. The van der Waals surface area contributed by atoms with Gasteiger partial charge in [-0.1, -0.05) is 37.5 Å². The van der Waals surface area contributed by atoms with Crippen LogP contribution in [0, 0.1) is 5.92 Å². The van der Waals surface area contributed by atoms with Crippen molar-refractivity contribution in [2.24, 2.45) is 5.92 Å². The number of nitrogens with one attached hydrogen (secondary N) is 3. The van der Waals surface area contributed by atoms with Gasteiger partial charge in [0.2, 0.25) is 11.8 Å². The maximum atomic E-state index is 14.3. The van der Waals surface area contributed by atoms with E-state index in [0.717, 1.165) is 63.7 Å². The molecule has 9 nitrogen and oxygen atoms in total. The summed E-state index contributed by atoms with van der Waals surface area (Å²) >= 11 is 0. The first kappa shape index (κ1) is 31.5. The molecule has 2 saturated heterocycles. The summed E-state index contributed by atoms with van der Waals surface area (Å²) in [4.78, 5) is 45.1. The Balaban J connectivity index is 0.00000210. The molecule has 39 heavy (non-hydrogen) atoms. The summed E-state index contributed by atoms with van der Waals surface area (Å²) in [5.74, 6) is -0.310. The molecule has 1 aromatic carbocycles. The average Bonchev–Trinajstić information content (AvgIpc) is 3.57. The number of nitrogens with zero attached hydrogens (tertiary/aromatic N) is 3. The van der Waals surface area contributed by atoms with E-state index in [-0.39, 0.29) is 60.5 Å². The summed E-state index contributed by atoms with van der Waals surface area (Å²) in [5, 5.41) is 8.00. The lowest BCUT2D eigenvalue weighted by atomic mass is 9.82. The van der Waals surface area contributed by atoms with Crippen molar-refractivity contribution in [1.82, 2.24) is 25.9 Å². The van der Waals surface area contributed by atoms with Crippen molar-refractivity contribution in [3.63, 3.8) is 0 Å². The highest BCUT2D eigenvalue weighted by Crippen LogP contribution is 2.31. The Labute approximate surface area is 244 Å². The van der Waals surface area contributed by atoms with Crippen molar-refractivity contribution in [3.8, 4) is 0 Å². The fourth-order valence-electron chi connectivity index (χ4n) is 6.58. The largest absolute Gasteiger partial charge is 0.343 e. The zero-order chi connectivity index (χ0) is 25.9. The molecule has 3 N–H and O–H groups in total. The Morgan fingerprint density at radius 3 is 2.44 bits per heavy atom. The lowest BCUT2D eigenvalue weighted by molar-refractivity contribution is -0.149. The molecule has 0 radical (unpaired) electrons.